The first-order chi connectivity index (χ1) is 16.6. The number of nitrogens with one attached hydrogen (secondary N) is 1. The third-order valence-corrected chi connectivity index (χ3v) is 10.2. The van der Waals surface area contributed by atoms with Crippen LogP contribution in [0.2, 0.25) is 13.0 Å². The molecule has 0 aromatic carbocycles. The summed E-state index contributed by atoms with van der Waals surface area (Å²) >= 11 is 19.9. The Bertz CT molecular complexity index is 1410. The molecule has 1 aliphatic rings. The van der Waals surface area contributed by atoms with Gasteiger partial charge in [-0.05, 0) is 44.2 Å². The summed E-state index contributed by atoms with van der Waals surface area (Å²) in [6.07, 6.45) is 3.32. The third kappa shape index (κ3) is 5.93. The van der Waals surface area contributed by atoms with Gasteiger partial charge in [0.2, 0.25) is 15.7 Å². The van der Waals surface area contributed by atoms with E-state index in [1.54, 1.807) is 6.92 Å². The van der Waals surface area contributed by atoms with E-state index < -0.39 is 27.3 Å². The van der Waals surface area contributed by atoms with E-state index in [2.05, 4.69) is 10.3 Å². The Morgan fingerprint density at radius 2 is 1.91 bits per heavy atom. The maximum absolute atomic E-state index is 13.3. The zero-order chi connectivity index (χ0) is 25.3. The highest BCUT2D eigenvalue weighted by Gasteiger charge is 2.31. The molecule has 0 spiro atoms. The Morgan fingerprint density at radius 1 is 1.20 bits per heavy atom. The van der Waals surface area contributed by atoms with E-state index in [0.29, 0.717) is 34.8 Å². The van der Waals surface area contributed by atoms with Crippen molar-refractivity contribution in [1.29, 1.82) is 0 Å². The zero-order valence-corrected chi connectivity index (χ0v) is 23.0. The predicted octanol–water partition coefficient (Wildman–Crippen LogP) is 5.46. The van der Waals surface area contributed by atoms with Crippen molar-refractivity contribution >= 4 is 78.4 Å². The van der Waals surface area contributed by atoms with E-state index in [4.69, 9.17) is 39.5 Å². The fourth-order valence-corrected chi connectivity index (χ4v) is 8.30. The van der Waals surface area contributed by atoms with Crippen LogP contribution in [0.5, 0.6) is 0 Å². The first-order valence-corrected chi connectivity index (χ1v) is 14.7. The lowest BCUT2D eigenvalue weighted by molar-refractivity contribution is -0.120. The molecule has 4 rings (SSSR count). The van der Waals surface area contributed by atoms with Crippen molar-refractivity contribution in [3.63, 3.8) is 0 Å². The van der Waals surface area contributed by atoms with E-state index in [0.717, 1.165) is 41.6 Å². The average Bonchev–Trinajstić information content (AvgIpc) is 3.37. The number of ether oxygens (including phenoxy) is 1. The fourth-order valence-electron chi connectivity index (χ4n) is 4.00. The van der Waals surface area contributed by atoms with Crippen LogP contribution >= 0.6 is 57.5 Å². The minimum absolute atomic E-state index is 0.00992. The SMILES string of the molecule is Cc1cc(S(=O)(=O)c2cc(Cl)sc2Cl)cc(=O)n1C(CC1CCOCC1)C(=O)Nc1ncc(Cl)s1. The normalized spacial score (nSPS) is 15.8. The molecule has 1 amide bonds. The number of halogens is 3. The Hall–Kier alpha value is -1.47. The summed E-state index contributed by atoms with van der Waals surface area (Å²) in [5.41, 5.74) is -0.302. The van der Waals surface area contributed by atoms with Gasteiger partial charge < -0.3 is 14.6 Å². The lowest BCUT2D eigenvalue weighted by Gasteiger charge is -2.28. The number of carbonyl (C=O) groups excluding carboxylic acids is 1. The summed E-state index contributed by atoms with van der Waals surface area (Å²) in [6.45, 7) is 2.75. The Kier molecular flexibility index (Phi) is 8.26. The molecule has 0 aliphatic carbocycles. The number of thiazole rings is 1. The number of aromatic nitrogens is 2. The van der Waals surface area contributed by atoms with Crippen LogP contribution in [0.25, 0.3) is 0 Å². The second kappa shape index (κ2) is 10.9. The summed E-state index contributed by atoms with van der Waals surface area (Å²) in [6, 6.07) is 2.74. The lowest BCUT2D eigenvalue weighted by Crippen LogP contribution is -2.36. The smallest absolute Gasteiger partial charge is 0.252 e. The first-order valence-electron chi connectivity index (χ1n) is 10.5. The number of nitrogens with zero attached hydrogens (tertiary/aromatic N) is 2. The Morgan fingerprint density at radius 3 is 2.49 bits per heavy atom. The van der Waals surface area contributed by atoms with Gasteiger partial charge in [-0.15, -0.1) is 11.3 Å². The minimum atomic E-state index is -4.09. The zero-order valence-electron chi connectivity index (χ0n) is 18.3. The molecular weight excluding hydrogens is 577 g/mol. The molecule has 188 valence electrons. The fraction of sp³-hybridized carbons (Fsp3) is 0.381. The molecule has 1 fully saturated rings. The van der Waals surface area contributed by atoms with Gasteiger partial charge in [-0.3, -0.25) is 9.59 Å². The van der Waals surface area contributed by atoms with Gasteiger partial charge in [0.25, 0.3) is 5.56 Å². The summed E-state index contributed by atoms with van der Waals surface area (Å²) in [7, 11) is -4.09. The largest absolute Gasteiger partial charge is 0.381 e. The molecule has 4 heterocycles. The molecule has 3 aromatic heterocycles. The van der Waals surface area contributed by atoms with Gasteiger partial charge in [0.1, 0.15) is 19.6 Å². The van der Waals surface area contributed by atoms with Crippen molar-refractivity contribution in [3.8, 4) is 0 Å². The number of rotatable bonds is 7. The number of hydrogen-bond acceptors (Lipinski definition) is 8. The summed E-state index contributed by atoms with van der Waals surface area (Å²) < 4.78 is 33.7. The molecule has 35 heavy (non-hydrogen) atoms. The second-order valence-electron chi connectivity index (χ2n) is 8.00. The maximum atomic E-state index is 13.3. The third-order valence-electron chi connectivity index (χ3n) is 5.68. The molecule has 14 heteroatoms. The maximum Gasteiger partial charge on any atom is 0.252 e. The monoisotopic (exact) mass is 595 g/mol. The minimum Gasteiger partial charge on any atom is -0.381 e. The van der Waals surface area contributed by atoms with Crippen LogP contribution < -0.4 is 10.9 Å². The van der Waals surface area contributed by atoms with Crippen LogP contribution in [-0.2, 0) is 19.4 Å². The van der Waals surface area contributed by atoms with Gasteiger partial charge in [0.15, 0.2) is 5.13 Å². The van der Waals surface area contributed by atoms with Crippen molar-refractivity contribution in [2.45, 2.75) is 42.0 Å². The number of pyridine rings is 1. The van der Waals surface area contributed by atoms with Gasteiger partial charge in [-0.25, -0.2) is 13.4 Å². The average molecular weight is 597 g/mol. The molecule has 8 nitrogen and oxygen atoms in total. The molecule has 1 N–H and O–H groups in total. The van der Waals surface area contributed by atoms with E-state index in [1.807, 2.05) is 0 Å². The quantitative estimate of drug-likeness (QED) is 0.388. The molecule has 0 radical (unpaired) electrons. The van der Waals surface area contributed by atoms with E-state index >= 15 is 0 Å². The van der Waals surface area contributed by atoms with Crippen LogP contribution in [0, 0.1) is 12.8 Å². The highest BCUT2D eigenvalue weighted by atomic mass is 35.5. The molecular formula is C21H20Cl3N3O5S3. The molecule has 1 unspecified atom stereocenters. The van der Waals surface area contributed by atoms with E-state index in [-0.39, 0.29) is 24.4 Å². The van der Waals surface area contributed by atoms with Crippen molar-refractivity contribution in [2.75, 3.05) is 18.5 Å². The number of aryl methyl sites for hydroxylation is 1. The van der Waals surface area contributed by atoms with Crippen molar-refractivity contribution in [2.24, 2.45) is 5.92 Å². The molecule has 0 saturated carbocycles. The number of anilines is 1. The van der Waals surface area contributed by atoms with Crippen molar-refractivity contribution in [3.05, 3.63) is 53.5 Å². The number of amides is 1. The first kappa shape index (κ1) is 26.6. The van der Waals surface area contributed by atoms with E-state index in [1.165, 1.54) is 22.9 Å². The Labute approximate surface area is 224 Å². The van der Waals surface area contributed by atoms with Gasteiger partial charge in [0.05, 0.1) is 15.4 Å². The van der Waals surface area contributed by atoms with Gasteiger partial charge >= 0.3 is 0 Å². The molecule has 3 aromatic rings. The van der Waals surface area contributed by atoms with Crippen LogP contribution in [-0.4, -0.2) is 37.1 Å². The van der Waals surface area contributed by atoms with Crippen LogP contribution in [0.3, 0.4) is 0 Å². The van der Waals surface area contributed by atoms with Crippen LogP contribution in [0.15, 0.2) is 39.0 Å². The standard InChI is InChI=1S/C21H20Cl3N3O5S3/c1-11-6-13(35(30,31)15-9-16(22)33-19(15)24)8-18(28)27(11)14(7-12-2-4-32-5-3-12)20(29)26-21-25-10-17(23)34-21/h6,8-10,12,14H,2-5,7H2,1H3,(H,25,26,29). The Balaban J connectivity index is 1.72. The summed E-state index contributed by atoms with van der Waals surface area (Å²) in [5, 5.41) is 3.04. The van der Waals surface area contributed by atoms with Gasteiger partial charge in [-0.2, -0.15) is 0 Å². The number of hydrogen-bond donors (Lipinski definition) is 1. The predicted molar refractivity (Wildman–Crippen MR) is 138 cm³/mol. The van der Waals surface area contributed by atoms with Gasteiger partial charge in [-0.1, -0.05) is 46.1 Å². The van der Waals surface area contributed by atoms with E-state index in [9.17, 15) is 18.0 Å². The highest BCUT2D eigenvalue weighted by molar-refractivity contribution is 7.91. The number of thiophene rings is 1. The summed E-state index contributed by atoms with van der Waals surface area (Å²) in [5.74, 6) is -0.281. The number of carbonyl (C=O) groups is 1. The van der Waals surface area contributed by atoms with Crippen molar-refractivity contribution < 1.29 is 17.9 Å². The summed E-state index contributed by atoms with van der Waals surface area (Å²) in [4.78, 5) is 30.3. The lowest BCUT2D eigenvalue weighted by atomic mass is 9.91. The number of sulfone groups is 1. The van der Waals surface area contributed by atoms with Crippen LogP contribution in [0.1, 0.15) is 31.0 Å². The topological polar surface area (TPSA) is 107 Å². The highest BCUT2D eigenvalue weighted by Crippen LogP contribution is 2.37. The van der Waals surface area contributed by atoms with Crippen molar-refractivity contribution in [1.82, 2.24) is 9.55 Å². The van der Waals surface area contributed by atoms with Gasteiger partial charge in [0, 0.05) is 25.0 Å². The molecule has 0 bridgehead atoms. The molecule has 1 saturated heterocycles. The molecule has 1 atom stereocenters. The molecule has 1 aliphatic heterocycles. The van der Waals surface area contributed by atoms with Crippen LogP contribution in [0.4, 0.5) is 5.13 Å². The second-order valence-corrected chi connectivity index (χ2v) is 13.9.